The van der Waals surface area contributed by atoms with Crippen LogP contribution >= 0.6 is 0 Å². The molecule has 0 aliphatic rings. The summed E-state index contributed by atoms with van der Waals surface area (Å²) in [6.07, 6.45) is 0.939. The minimum Gasteiger partial charge on any atom is -0.384 e. The van der Waals surface area contributed by atoms with Crippen molar-refractivity contribution in [2.24, 2.45) is 5.73 Å². The lowest BCUT2D eigenvalue weighted by atomic mass is 9.90. The third kappa shape index (κ3) is 3.72. The van der Waals surface area contributed by atoms with Crippen LogP contribution in [-0.2, 0) is 11.2 Å². The summed E-state index contributed by atoms with van der Waals surface area (Å²) in [6.45, 7) is 7.16. The van der Waals surface area contributed by atoms with E-state index in [4.69, 9.17) is 10.5 Å². The summed E-state index contributed by atoms with van der Waals surface area (Å²) in [6, 6.07) is 12.9. The second-order valence-corrected chi connectivity index (χ2v) is 5.77. The Bertz CT molecular complexity index is 578. The first kappa shape index (κ1) is 15.7. The van der Waals surface area contributed by atoms with Crippen molar-refractivity contribution in [1.82, 2.24) is 0 Å². The number of aryl methyl sites for hydroxylation is 3. The van der Waals surface area contributed by atoms with E-state index in [2.05, 4.69) is 57.2 Å². The lowest BCUT2D eigenvalue weighted by Gasteiger charge is -2.19. The Hall–Kier alpha value is -1.64. The zero-order valence-electron chi connectivity index (χ0n) is 13.4. The molecule has 0 saturated heterocycles. The highest BCUT2D eigenvalue weighted by Crippen LogP contribution is 2.27. The molecule has 2 aromatic rings. The fourth-order valence-electron chi connectivity index (χ4n) is 2.96. The average Bonchev–Trinajstić information content (AvgIpc) is 2.44. The Morgan fingerprint density at radius 3 is 2.10 bits per heavy atom. The molecule has 0 aliphatic carbocycles. The van der Waals surface area contributed by atoms with Crippen molar-refractivity contribution in [3.05, 3.63) is 69.8 Å². The molecule has 0 bridgehead atoms. The Morgan fingerprint density at radius 1 is 1.00 bits per heavy atom. The quantitative estimate of drug-likeness (QED) is 0.904. The fourth-order valence-corrected chi connectivity index (χ4v) is 2.96. The van der Waals surface area contributed by atoms with Gasteiger partial charge in [0.15, 0.2) is 0 Å². The molecule has 2 heteroatoms. The average molecular weight is 283 g/mol. The molecule has 0 amide bonds. The van der Waals surface area contributed by atoms with E-state index in [-0.39, 0.29) is 6.04 Å². The van der Waals surface area contributed by atoms with E-state index in [1.807, 2.05) is 0 Å². The normalized spacial score (nSPS) is 12.4. The lowest BCUT2D eigenvalue weighted by molar-refractivity contribution is 0.202. The molecule has 1 atom stereocenters. The first-order valence-electron chi connectivity index (χ1n) is 7.44. The van der Waals surface area contributed by atoms with Crippen LogP contribution in [0.25, 0.3) is 0 Å². The summed E-state index contributed by atoms with van der Waals surface area (Å²) in [5.74, 6) is 0. The molecule has 2 rings (SSSR count). The van der Waals surface area contributed by atoms with Gasteiger partial charge in [-0.25, -0.2) is 0 Å². The molecule has 21 heavy (non-hydrogen) atoms. The topological polar surface area (TPSA) is 35.2 Å². The number of hydrogen-bond donors (Lipinski definition) is 1. The van der Waals surface area contributed by atoms with Crippen molar-refractivity contribution in [3.63, 3.8) is 0 Å². The number of methoxy groups -OCH3 is 1. The van der Waals surface area contributed by atoms with Crippen LogP contribution in [0, 0.1) is 20.8 Å². The Balaban J connectivity index is 2.26. The number of nitrogens with two attached hydrogens (primary N) is 1. The largest absolute Gasteiger partial charge is 0.384 e. The molecule has 2 nitrogen and oxygen atoms in total. The van der Waals surface area contributed by atoms with Gasteiger partial charge in [0.25, 0.3) is 0 Å². The molecule has 2 aromatic carbocycles. The second-order valence-electron chi connectivity index (χ2n) is 5.77. The zero-order chi connectivity index (χ0) is 15.4. The third-order valence-corrected chi connectivity index (χ3v) is 3.98. The van der Waals surface area contributed by atoms with Crippen LogP contribution in [0.1, 0.15) is 39.4 Å². The fraction of sp³-hybridized carbons (Fsp3) is 0.368. The molecular weight excluding hydrogens is 258 g/mol. The first-order valence-corrected chi connectivity index (χ1v) is 7.44. The van der Waals surface area contributed by atoms with Crippen LogP contribution in [0.15, 0.2) is 36.4 Å². The molecule has 0 radical (unpaired) electrons. The van der Waals surface area contributed by atoms with Crippen LogP contribution < -0.4 is 5.73 Å². The van der Waals surface area contributed by atoms with Gasteiger partial charge in [0, 0.05) is 7.11 Å². The van der Waals surface area contributed by atoms with Crippen LogP contribution in [0.2, 0.25) is 0 Å². The van der Waals surface area contributed by atoms with Gasteiger partial charge in [-0.15, -0.1) is 0 Å². The van der Waals surface area contributed by atoms with Gasteiger partial charge in [0.1, 0.15) is 0 Å². The van der Waals surface area contributed by atoms with E-state index < -0.39 is 0 Å². The minimum atomic E-state index is -0.0675. The number of hydrogen-bond acceptors (Lipinski definition) is 2. The molecule has 0 spiro atoms. The Kier molecular flexibility index (Phi) is 5.16. The maximum atomic E-state index is 6.49. The second kappa shape index (κ2) is 6.88. The van der Waals surface area contributed by atoms with Gasteiger partial charge in [-0.05, 0) is 55.0 Å². The van der Waals surface area contributed by atoms with Gasteiger partial charge < -0.3 is 10.5 Å². The summed E-state index contributed by atoms with van der Waals surface area (Å²) in [5, 5.41) is 0. The van der Waals surface area contributed by atoms with Gasteiger partial charge in [-0.1, -0.05) is 42.0 Å². The maximum Gasteiger partial charge on any atom is 0.0556 e. The summed E-state index contributed by atoms with van der Waals surface area (Å²) in [7, 11) is 1.73. The Morgan fingerprint density at radius 2 is 1.57 bits per heavy atom. The monoisotopic (exact) mass is 283 g/mol. The van der Waals surface area contributed by atoms with E-state index in [0.717, 1.165) is 18.6 Å². The Labute approximate surface area is 127 Å². The highest BCUT2D eigenvalue weighted by molar-refractivity contribution is 5.44. The zero-order valence-corrected chi connectivity index (χ0v) is 13.4. The molecular formula is C19H25NO. The highest BCUT2D eigenvalue weighted by atomic mass is 16.5. The molecule has 1 unspecified atom stereocenters. The third-order valence-electron chi connectivity index (χ3n) is 3.98. The predicted molar refractivity (Wildman–Crippen MR) is 88.7 cm³/mol. The van der Waals surface area contributed by atoms with E-state index in [0.29, 0.717) is 0 Å². The van der Waals surface area contributed by atoms with Crippen molar-refractivity contribution in [3.8, 4) is 0 Å². The summed E-state index contributed by atoms with van der Waals surface area (Å²) in [4.78, 5) is 0. The maximum absolute atomic E-state index is 6.49. The first-order chi connectivity index (χ1) is 10.0. The summed E-state index contributed by atoms with van der Waals surface area (Å²) >= 11 is 0. The van der Waals surface area contributed by atoms with Gasteiger partial charge in [0.05, 0.1) is 12.6 Å². The standard InChI is InChI=1S/C19H25NO/c1-13-11-14(2)18(15(3)12-13)19(20)17-7-5-16(6-8-17)9-10-21-4/h5-8,11-12,19H,9-10,20H2,1-4H3. The summed E-state index contributed by atoms with van der Waals surface area (Å²) in [5.41, 5.74) is 14.0. The number of rotatable bonds is 5. The molecule has 0 saturated carbocycles. The van der Waals surface area contributed by atoms with Crippen LogP contribution in [0.4, 0.5) is 0 Å². The molecule has 2 N–H and O–H groups in total. The molecule has 112 valence electrons. The van der Waals surface area contributed by atoms with Gasteiger partial charge in [-0.3, -0.25) is 0 Å². The minimum absolute atomic E-state index is 0.0675. The lowest BCUT2D eigenvalue weighted by Crippen LogP contribution is -2.15. The van der Waals surface area contributed by atoms with Gasteiger partial charge in [-0.2, -0.15) is 0 Å². The predicted octanol–water partition coefficient (Wildman–Crippen LogP) is 3.85. The smallest absolute Gasteiger partial charge is 0.0556 e. The number of benzene rings is 2. The van der Waals surface area contributed by atoms with Crippen LogP contribution in [0.3, 0.4) is 0 Å². The summed E-state index contributed by atoms with van der Waals surface area (Å²) < 4.78 is 5.11. The van der Waals surface area contributed by atoms with Crippen LogP contribution in [-0.4, -0.2) is 13.7 Å². The molecule has 0 heterocycles. The highest BCUT2D eigenvalue weighted by Gasteiger charge is 2.14. The number of ether oxygens (including phenoxy) is 1. The molecule has 0 aromatic heterocycles. The van der Waals surface area contributed by atoms with Crippen LogP contribution in [0.5, 0.6) is 0 Å². The van der Waals surface area contributed by atoms with E-state index in [9.17, 15) is 0 Å². The van der Waals surface area contributed by atoms with Gasteiger partial charge >= 0.3 is 0 Å². The SMILES string of the molecule is COCCc1ccc(C(N)c2c(C)cc(C)cc2C)cc1. The molecule has 0 aliphatic heterocycles. The van der Waals surface area contributed by atoms with E-state index >= 15 is 0 Å². The van der Waals surface area contributed by atoms with Crippen molar-refractivity contribution in [1.29, 1.82) is 0 Å². The van der Waals surface area contributed by atoms with Crippen molar-refractivity contribution in [2.45, 2.75) is 33.2 Å². The van der Waals surface area contributed by atoms with Crippen molar-refractivity contribution < 1.29 is 4.74 Å². The molecule has 0 fully saturated rings. The van der Waals surface area contributed by atoms with Crippen molar-refractivity contribution >= 4 is 0 Å². The van der Waals surface area contributed by atoms with Crippen molar-refractivity contribution in [2.75, 3.05) is 13.7 Å². The van der Waals surface area contributed by atoms with Gasteiger partial charge in [0.2, 0.25) is 0 Å². The van der Waals surface area contributed by atoms with E-state index in [1.54, 1.807) is 7.11 Å². The van der Waals surface area contributed by atoms with E-state index in [1.165, 1.54) is 27.8 Å².